The van der Waals surface area contributed by atoms with Gasteiger partial charge in [0.05, 0.1) is 17.1 Å². The van der Waals surface area contributed by atoms with Crippen LogP contribution in [0.25, 0.3) is 0 Å². The highest BCUT2D eigenvalue weighted by molar-refractivity contribution is 7.09. The first-order valence-corrected chi connectivity index (χ1v) is 7.78. The molecule has 0 spiro atoms. The van der Waals surface area contributed by atoms with E-state index in [9.17, 15) is 4.79 Å². The highest BCUT2D eigenvalue weighted by Crippen LogP contribution is 2.21. The second kappa shape index (κ2) is 6.48. The summed E-state index contributed by atoms with van der Waals surface area (Å²) in [6.07, 6.45) is 2.30. The lowest BCUT2D eigenvalue weighted by atomic mass is 9.92. The van der Waals surface area contributed by atoms with E-state index in [0.29, 0.717) is 5.69 Å². The summed E-state index contributed by atoms with van der Waals surface area (Å²) in [5, 5.41) is 11.6. The van der Waals surface area contributed by atoms with Crippen LogP contribution < -0.4 is 0 Å². The van der Waals surface area contributed by atoms with Crippen molar-refractivity contribution < 1.29 is 9.90 Å². The Labute approximate surface area is 118 Å². The molecular formula is C14H22N2O2S. The quantitative estimate of drug-likeness (QED) is 0.900. The number of piperidine rings is 1. The Kier molecular flexibility index (Phi) is 4.93. The van der Waals surface area contributed by atoms with Crippen molar-refractivity contribution in [2.75, 3.05) is 19.6 Å². The van der Waals surface area contributed by atoms with Crippen LogP contribution in [0, 0.1) is 11.8 Å². The second-order valence-corrected chi connectivity index (χ2v) is 6.70. The lowest BCUT2D eigenvalue weighted by molar-refractivity contribution is -0.136. The Morgan fingerprint density at radius 1 is 1.47 bits per heavy atom. The Bertz CT molecular complexity index is 423. The molecule has 2 rings (SSSR count). The molecule has 5 heteroatoms. The van der Waals surface area contributed by atoms with Crippen LogP contribution in [0.15, 0.2) is 5.38 Å². The minimum absolute atomic E-state index is 0.0360. The number of carboxylic acid groups (broad SMARTS) is 1. The molecule has 0 bridgehead atoms. The monoisotopic (exact) mass is 282 g/mol. The van der Waals surface area contributed by atoms with Crippen LogP contribution in [-0.2, 0) is 17.6 Å². The number of thiazole rings is 1. The molecule has 1 aliphatic heterocycles. The van der Waals surface area contributed by atoms with Gasteiger partial charge in [0.1, 0.15) is 0 Å². The van der Waals surface area contributed by atoms with E-state index in [1.807, 2.05) is 5.38 Å². The molecule has 106 valence electrons. The maximum Gasteiger partial charge on any atom is 0.309 e. The van der Waals surface area contributed by atoms with Crippen LogP contribution in [-0.4, -0.2) is 40.6 Å². The van der Waals surface area contributed by atoms with Crippen LogP contribution in [0.3, 0.4) is 0 Å². The van der Waals surface area contributed by atoms with Gasteiger partial charge in [-0.15, -0.1) is 11.3 Å². The van der Waals surface area contributed by atoms with Gasteiger partial charge in [0.25, 0.3) is 0 Å². The fourth-order valence-electron chi connectivity index (χ4n) is 2.93. The molecule has 2 atom stereocenters. The van der Waals surface area contributed by atoms with Gasteiger partial charge in [0.2, 0.25) is 0 Å². The zero-order valence-electron chi connectivity index (χ0n) is 11.6. The number of hydrogen-bond donors (Lipinski definition) is 1. The number of nitrogens with zero attached hydrogens (tertiary/aromatic N) is 2. The van der Waals surface area contributed by atoms with E-state index in [0.717, 1.165) is 29.8 Å². The molecule has 2 heterocycles. The molecule has 1 saturated heterocycles. The van der Waals surface area contributed by atoms with Gasteiger partial charge in [-0.3, -0.25) is 4.79 Å². The maximum atomic E-state index is 10.6. The van der Waals surface area contributed by atoms with Crippen molar-refractivity contribution in [1.82, 2.24) is 9.88 Å². The summed E-state index contributed by atoms with van der Waals surface area (Å²) in [6, 6.07) is 0. The van der Waals surface area contributed by atoms with E-state index in [4.69, 9.17) is 5.11 Å². The minimum Gasteiger partial charge on any atom is -0.481 e. The Morgan fingerprint density at radius 3 is 2.79 bits per heavy atom. The second-order valence-electron chi connectivity index (χ2n) is 5.76. The van der Waals surface area contributed by atoms with E-state index in [2.05, 4.69) is 23.7 Å². The van der Waals surface area contributed by atoms with E-state index < -0.39 is 5.97 Å². The zero-order valence-corrected chi connectivity index (χ0v) is 12.4. The molecule has 0 aromatic carbocycles. The van der Waals surface area contributed by atoms with E-state index >= 15 is 0 Å². The number of aliphatic carboxylic acids is 1. The molecule has 0 radical (unpaired) electrons. The minimum atomic E-state index is -0.810. The Hall–Kier alpha value is -0.940. The Morgan fingerprint density at radius 2 is 2.16 bits per heavy atom. The molecule has 1 aromatic heterocycles. The lowest BCUT2D eigenvalue weighted by Gasteiger charge is -2.34. The van der Waals surface area contributed by atoms with E-state index in [-0.39, 0.29) is 6.42 Å². The Balaban J connectivity index is 1.81. The molecule has 0 aliphatic carbocycles. The van der Waals surface area contributed by atoms with Crippen LogP contribution in [0.5, 0.6) is 0 Å². The average Bonchev–Trinajstić information content (AvgIpc) is 2.72. The standard InChI is InChI=1S/C14H22N2O2S/c1-10-5-11(2)8-16(7-10)4-3-13-15-12(9-19-13)6-14(17)18/h9-11H,3-8H2,1-2H3,(H,17,18). The largest absolute Gasteiger partial charge is 0.481 e. The van der Waals surface area contributed by atoms with Gasteiger partial charge >= 0.3 is 5.97 Å². The maximum absolute atomic E-state index is 10.6. The van der Waals surface area contributed by atoms with E-state index in [1.54, 1.807) is 11.3 Å². The SMILES string of the molecule is CC1CC(C)CN(CCc2nc(CC(=O)O)cs2)C1. The summed E-state index contributed by atoms with van der Waals surface area (Å²) in [5.41, 5.74) is 0.688. The number of carboxylic acids is 1. The van der Waals surface area contributed by atoms with Crippen molar-refractivity contribution in [3.8, 4) is 0 Å². The van der Waals surface area contributed by atoms with Crippen LogP contribution in [0.2, 0.25) is 0 Å². The van der Waals surface area contributed by atoms with Crippen molar-refractivity contribution in [2.24, 2.45) is 11.8 Å². The molecule has 1 aliphatic rings. The molecule has 2 unspecified atom stereocenters. The van der Waals surface area contributed by atoms with Crippen molar-refractivity contribution >= 4 is 17.3 Å². The molecule has 4 nitrogen and oxygen atoms in total. The summed E-state index contributed by atoms with van der Waals surface area (Å²) in [5.74, 6) is 0.751. The summed E-state index contributed by atoms with van der Waals surface area (Å²) < 4.78 is 0. The first-order chi connectivity index (χ1) is 9.02. The van der Waals surface area contributed by atoms with Crippen molar-refractivity contribution in [3.05, 3.63) is 16.1 Å². The van der Waals surface area contributed by atoms with Gasteiger partial charge in [-0.2, -0.15) is 0 Å². The highest BCUT2D eigenvalue weighted by Gasteiger charge is 2.21. The van der Waals surface area contributed by atoms with Gasteiger partial charge in [0.15, 0.2) is 0 Å². The predicted molar refractivity (Wildman–Crippen MR) is 76.5 cm³/mol. The third-order valence-corrected chi connectivity index (χ3v) is 4.48. The first-order valence-electron chi connectivity index (χ1n) is 6.90. The summed E-state index contributed by atoms with van der Waals surface area (Å²) >= 11 is 1.58. The number of hydrogen-bond acceptors (Lipinski definition) is 4. The highest BCUT2D eigenvalue weighted by atomic mass is 32.1. The third-order valence-electron chi connectivity index (χ3n) is 3.52. The molecule has 1 N–H and O–H groups in total. The van der Waals surface area contributed by atoms with Crippen LogP contribution in [0.4, 0.5) is 0 Å². The van der Waals surface area contributed by atoms with Gasteiger partial charge < -0.3 is 10.0 Å². The molecule has 19 heavy (non-hydrogen) atoms. The zero-order chi connectivity index (χ0) is 13.8. The van der Waals surface area contributed by atoms with Gasteiger partial charge in [0, 0.05) is 31.4 Å². The normalized spacial score (nSPS) is 24.5. The van der Waals surface area contributed by atoms with Crippen LogP contribution in [0.1, 0.15) is 31.0 Å². The molecule has 0 saturated carbocycles. The molecule has 1 fully saturated rings. The molecular weight excluding hydrogens is 260 g/mol. The summed E-state index contributed by atoms with van der Waals surface area (Å²) in [4.78, 5) is 17.5. The van der Waals surface area contributed by atoms with Gasteiger partial charge in [-0.05, 0) is 18.3 Å². The van der Waals surface area contributed by atoms with Gasteiger partial charge in [-0.1, -0.05) is 13.8 Å². The molecule has 0 amide bonds. The van der Waals surface area contributed by atoms with Crippen LogP contribution >= 0.6 is 11.3 Å². The summed E-state index contributed by atoms with van der Waals surface area (Å²) in [6.45, 7) is 8.03. The van der Waals surface area contributed by atoms with Crippen molar-refractivity contribution in [1.29, 1.82) is 0 Å². The lowest BCUT2D eigenvalue weighted by Crippen LogP contribution is -2.39. The number of rotatable bonds is 5. The topological polar surface area (TPSA) is 53.4 Å². The first kappa shape index (κ1) is 14.5. The van der Waals surface area contributed by atoms with Gasteiger partial charge in [-0.25, -0.2) is 4.98 Å². The van der Waals surface area contributed by atoms with Crippen molar-refractivity contribution in [3.63, 3.8) is 0 Å². The number of aromatic nitrogens is 1. The fourth-order valence-corrected chi connectivity index (χ4v) is 3.72. The molecule has 1 aromatic rings. The van der Waals surface area contributed by atoms with E-state index in [1.165, 1.54) is 19.5 Å². The summed E-state index contributed by atoms with van der Waals surface area (Å²) in [7, 11) is 0. The smallest absolute Gasteiger partial charge is 0.309 e. The average molecular weight is 282 g/mol. The fraction of sp³-hybridized carbons (Fsp3) is 0.714. The number of likely N-dealkylation sites (tertiary alicyclic amines) is 1. The third kappa shape index (κ3) is 4.58. The van der Waals surface area contributed by atoms with Crippen molar-refractivity contribution in [2.45, 2.75) is 33.1 Å². The predicted octanol–water partition coefficient (Wildman–Crippen LogP) is 2.29. The number of carbonyl (C=O) groups is 1.